The van der Waals surface area contributed by atoms with Crippen LogP contribution in [0.4, 0.5) is 0 Å². The first kappa shape index (κ1) is 9.06. The van der Waals surface area contributed by atoms with Gasteiger partial charge in [-0.3, -0.25) is 0 Å². The summed E-state index contributed by atoms with van der Waals surface area (Å²) in [4.78, 5) is 0. The second kappa shape index (κ2) is 4.13. The molecule has 0 aromatic heterocycles. The van der Waals surface area contributed by atoms with E-state index in [1.165, 1.54) is 0 Å². The maximum atomic E-state index is 10.8. The molecule has 0 unspecified atom stereocenters. The van der Waals surface area contributed by atoms with Crippen LogP contribution in [0, 0.1) is 5.92 Å². The average molecular weight is 205 g/mol. The van der Waals surface area contributed by atoms with Crippen LogP contribution in [0.15, 0.2) is 11.8 Å². The van der Waals surface area contributed by atoms with Gasteiger partial charge < -0.3 is 4.18 Å². The Morgan fingerprint density at radius 2 is 2.08 bits per heavy atom. The topological polar surface area (TPSA) is 43.4 Å². The number of allylic oxidation sites excluding steroid dienone is 1. The summed E-state index contributed by atoms with van der Waals surface area (Å²) in [5.41, 5.74) is 0.827. The molecule has 1 aliphatic carbocycles. The zero-order chi connectivity index (χ0) is 10.8. The predicted octanol–water partition coefficient (Wildman–Crippen LogP) is 2.06. The van der Waals surface area contributed by atoms with E-state index in [0.717, 1.165) is 37.5 Å². The van der Waals surface area contributed by atoms with Crippen molar-refractivity contribution in [2.75, 3.05) is 6.26 Å². The molecule has 0 radical (unpaired) electrons. The van der Waals surface area contributed by atoms with E-state index >= 15 is 0 Å². The van der Waals surface area contributed by atoms with Crippen LogP contribution in [-0.4, -0.2) is 14.7 Å². The van der Waals surface area contributed by atoms with Gasteiger partial charge in [-0.05, 0) is 37.2 Å². The van der Waals surface area contributed by atoms with Gasteiger partial charge in [-0.25, -0.2) is 0 Å². The standard InChI is InChI=1S/C9H16O3S/c1-8-3-5-9(6-4-8)7-12-13(2,10)11/h7-8H,3-6H2,1-2H3/i7D. The van der Waals surface area contributed by atoms with Crippen molar-refractivity contribution in [3.05, 3.63) is 11.8 Å². The van der Waals surface area contributed by atoms with Crippen molar-refractivity contribution in [3.63, 3.8) is 0 Å². The summed E-state index contributed by atoms with van der Waals surface area (Å²) in [6.45, 7) is 2.16. The zero-order valence-corrected chi connectivity index (χ0v) is 8.86. The van der Waals surface area contributed by atoms with Gasteiger partial charge in [-0.1, -0.05) is 6.92 Å². The highest BCUT2D eigenvalue weighted by atomic mass is 32.2. The Morgan fingerprint density at radius 3 is 2.54 bits per heavy atom. The third-order valence-electron chi connectivity index (χ3n) is 2.22. The Kier molecular flexibility index (Phi) is 2.88. The summed E-state index contributed by atoms with van der Waals surface area (Å²) >= 11 is 0. The molecule has 0 heterocycles. The van der Waals surface area contributed by atoms with E-state index in [1.807, 2.05) is 0 Å². The first-order chi connectivity index (χ1) is 6.38. The van der Waals surface area contributed by atoms with Crippen molar-refractivity contribution >= 4 is 10.1 Å². The summed E-state index contributed by atoms with van der Waals surface area (Å²) in [6.07, 6.45) is 4.41. The highest BCUT2D eigenvalue weighted by molar-refractivity contribution is 7.86. The first-order valence-corrected chi connectivity index (χ1v) is 6.28. The van der Waals surface area contributed by atoms with Crippen molar-refractivity contribution in [1.82, 2.24) is 0 Å². The molecule has 4 heteroatoms. The third-order valence-corrected chi connectivity index (χ3v) is 2.60. The fourth-order valence-corrected chi connectivity index (χ4v) is 1.62. The molecule has 0 atom stereocenters. The van der Waals surface area contributed by atoms with Gasteiger partial charge in [0.2, 0.25) is 0 Å². The highest BCUT2D eigenvalue weighted by Gasteiger charge is 2.12. The molecule has 1 aliphatic rings. The lowest BCUT2D eigenvalue weighted by Gasteiger charge is -2.19. The molecular formula is C9H16O3S. The third kappa shape index (κ3) is 4.31. The number of hydrogen-bond donors (Lipinski definition) is 0. The van der Waals surface area contributed by atoms with Gasteiger partial charge >= 0.3 is 10.1 Å². The van der Waals surface area contributed by atoms with E-state index in [-0.39, 0.29) is 6.24 Å². The molecular weight excluding hydrogens is 188 g/mol. The van der Waals surface area contributed by atoms with Crippen molar-refractivity contribution in [2.24, 2.45) is 5.92 Å². The Morgan fingerprint density at radius 1 is 1.54 bits per heavy atom. The second-order valence-electron chi connectivity index (χ2n) is 3.68. The van der Waals surface area contributed by atoms with Gasteiger partial charge in [0, 0.05) is 0 Å². The minimum absolute atomic E-state index is 0.167. The maximum absolute atomic E-state index is 10.8. The van der Waals surface area contributed by atoms with E-state index in [2.05, 4.69) is 11.1 Å². The van der Waals surface area contributed by atoms with E-state index in [1.54, 1.807) is 0 Å². The summed E-state index contributed by atoms with van der Waals surface area (Å²) in [6, 6.07) is 0. The van der Waals surface area contributed by atoms with Gasteiger partial charge in [-0.2, -0.15) is 8.42 Å². The lowest BCUT2D eigenvalue weighted by Crippen LogP contribution is -2.05. The smallest absolute Gasteiger partial charge is 0.305 e. The van der Waals surface area contributed by atoms with Gasteiger partial charge in [0.1, 0.15) is 7.61 Å². The zero-order valence-electron chi connectivity index (χ0n) is 9.04. The van der Waals surface area contributed by atoms with Crippen LogP contribution < -0.4 is 0 Å². The molecule has 0 aliphatic heterocycles. The van der Waals surface area contributed by atoms with Crippen LogP contribution in [0.5, 0.6) is 0 Å². The predicted molar refractivity (Wildman–Crippen MR) is 51.6 cm³/mol. The molecule has 0 spiro atoms. The van der Waals surface area contributed by atoms with E-state index in [0.29, 0.717) is 5.92 Å². The minimum atomic E-state index is -3.53. The van der Waals surface area contributed by atoms with E-state index in [4.69, 9.17) is 1.37 Å². The van der Waals surface area contributed by atoms with Crippen molar-refractivity contribution in [2.45, 2.75) is 32.6 Å². The molecule has 0 amide bonds. The van der Waals surface area contributed by atoms with Gasteiger partial charge in [0.15, 0.2) is 0 Å². The molecule has 0 N–H and O–H groups in total. The van der Waals surface area contributed by atoms with Crippen molar-refractivity contribution in [3.8, 4) is 0 Å². The quantitative estimate of drug-likeness (QED) is 0.512. The molecule has 1 fully saturated rings. The van der Waals surface area contributed by atoms with Crippen LogP contribution in [-0.2, 0) is 14.3 Å². The minimum Gasteiger partial charge on any atom is -0.391 e. The summed E-state index contributed by atoms with van der Waals surface area (Å²) in [5.74, 6) is 0.671. The van der Waals surface area contributed by atoms with Crippen LogP contribution in [0.25, 0.3) is 0 Å². The highest BCUT2D eigenvalue weighted by Crippen LogP contribution is 2.27. The molecule has 1 saturated carbocycles. The second-order valence-corrected chi connectivity index (χ2v) is 5.25. The largest absolute Gasteiger partial charge is 0.391 e. The molecule has 0 aromatic rings. The van der Waals surface area contributed by atoms with Gasteiger partial charge in [0.25, 0.3) is 0 Å². The summed E-state index contributed by atoms with van der Waals surface area (Å²) < 4.78 is 33.5. The molecule has 0 saturated heterocycles. The normalized spacial score (nSPS) is 25.2. The Bertz CT molecular complexity index is 322. The SMILES string of the molecule is [2H]C(OS(C)(=O)=O)=C1CCC(C)CC1. The molecule has 13 heavy (non-hydrogen) atoms. The van der Waals surface area contributed by atoms with E-state index < -0.39 is 10.1 Å². The molecule has 76 valence electrons. The molecule has 0 aromatic carbocycles. The monoisotopic (exact) mass is 205 g/mol. The lowest BCUT2D eigenvalue weighted by molar-refractivity contribution is 0.411. The fraction of sp³-hybridized carbons (Fsp3) is 0.778. The van der Waals surface area contributed by atoms with Crippen LogP contribution >= 0.6 is 0 Å². The summed E-state index contributed by atoms with van der Waals surface area (Å²) in [5, 5.41) is 0. The molecule has 0 bridgehead atoms. The Balaban J connectivity index is 2.65. The number of rotatable bonds is 2. The van der Waals surface area contributed by atoms with Gasteiger partial charge in [0.05, 0.1) is 6.26 Å². The Hall–Kier alpha value is -0.510. The van der Waals surface area contributed by atoms with E-state index in [9.17, 15) is 8.42 Å². The van der Waals surface area contributed by atoms with Gasteiger partial charge in [-0.15, -0.1) is 0 Å². The molecule has 3 nitrogen and oxygen atoms in total. The summed E-state index contributed by atoms with van der Waals surface area (Å²) in [7, 11) is -3.53. The maximum Gasteiger partial charge on any atom is 0.305 e. The van der Waals surface area contributed by atoms with Crippen LogP contribution in [0.2, 0.25) is 0 Å². The Labute approximate surface area is 81.3 Å². The fourth-order valence-electron chi connectivity index (χ4n) is 1.35. The molecule has 1 rings (SSSR count). The van der Waals surface area contributed by atoms with Crippen LogP contribution in [0.1, 0.15) is 34.0 Å². The number of hydrogen-bond acceptors (Lipinski definition) is 3. The van der Waals surface area contributed by atoms with Crippen molar-refractivity contribution < 1.29 is 14.0 Å². The van der Waals surface area contributed by atoms with Crippen LogP contribution in [0.3, 0.4) is 0 Å². The van der Waals surface area contributed by atoms with Crippen molar-refractivity contribution in [1.29, 1.82) is 0 Å². The lowest BCUT2D eigenvalue weighted by atomic mass is 9.88. The average Bonchev–Trinajstić information content (AvgIpc) is 2.02. The first-order valence-electron chi connectivity index (χ1n) is 4.96.